The number of rotatable bonds is 5. The molecule has 5 rings (SSSR count). The maximum Gasteiger partial charge on any atom is 0.222 e. The van der Waals surface area contributed by atoms with Gasteiger partial charge in [-0.2, -0.15) is 0 Å². The monoisotopic (exact) mass is 435 g/mol. The first kappa shape index (κ1) is 20.8. The molecule has 0 saturated heterocycles. The summed E-state index contributed by atoms with van der Waals surface area (Å²) >= 11 is 0. The van der Waals surface area contributed by atoms with E-state index in [1.807, 2.05) is 31.6 Å². The third kappa shape index (κ3) is 3.93. The molecule has 0 aliphatic rings. The largest absolute Gasteiger partial charge is 0.357 e. The fourth-order valence-corrected chi connectivity index (χ4v) is 4.00. The highest BCUT2D eigenvalue weighted by Crippen LogP contribution is 2.36. The Balaban J connectivity index is 1.62. The zero-order valence-corrected chi connectivity index (χ0v) is 19.1. The highest BCUT2D eigenvalue weighted by atomic mass is 15.1. The van der Waals surface area contributed by atoms with Crippen LogP contribution in [0.4, 0.5) is 17.6 Å². The van der Waals surface area contributed by atoms with E-state index in [1.54, 1.807) is 6.20 Å². The number of hydrogen-bond acceptors (Lipinski definition) is 7. The molecule has 0 fully saturated rings. The maximum atomic E-state index is 4.64. The predicted molar refractivity (Wildman–Crippen MR) is 134 cm³/mol. The van der Waals surface area contributed by atoms with Gasteiger partial charge in [0, 0.05) is 42.3 Å². The molecule has 164 valence electrons. The summed E-state index contributed by atoms with van der Waals surface area (Å²) in [6.45, 7) is 6.30. The lowest BCUT2D eigenvalue weighted by molar-refractivity contribution is 0.776. The minimum Gasteiger partial charge on any atom is -0.357 e. The van der Waals surface area contributed by atoms with Gasteiger partial charge in [0.1, 0.15) is 17.5 Å². The van der Waals surface area contributed by atoms with E-state index in [0.717, 1.165) is 44.7 Å². The van der Waals surface area contributed by atoms with E-state index in [0.29, 0.717) is 5.95 Å². The molecule has 0 saturated carbocycles. The van der Waals surface area contributed by atoms with Crippen LogP contribution in [0.25, 0.3) is 32.8 Å². The van der Waals surface area contributed by atoms with Crippen molar-refractivity contribution in [1.82, 2.24) is 24.9 Å². The van der Waals surface area contributed by atoms with Crippen molar-refractivity contribution < 1.29 is 0 Å². The molecule has 0 unspecified atom stereocenters. The van der Waals surface area contributed by atoms with Crippen LogP contribution in [0.5, 0.6) is 0 Å². The quantitative estimate of drug-likeness (QED) is 0.358. The minimum absolute atomic E-state index is 0.252. The van der Waals surface area contributed by atoms with Crippen molar-refractivity contribution in [2.24, 2.45) is 0 Å². The lowest BCUT2D eigenvalue weighted by Crippen LogP contribution is -2.02. The molecule has 0 bridgehead atoms. The van der Waals surface area contributed by atoms with Gasteiger partial charge in [0.25, 0.3) is 0 Å². The van der Waals surface area contributed by atoms with Crippen LogP contribution in [-0.2, 0) is 0 Å². The van der Waals surface area contributed by atoms with Gasteiger partial charge in [0.2, 0.25) is 5.95 Å². The van der Waals surface area contributed by atoms with E-state index in [1.165, 1.54) is 11.1 Å². The van der Waals surface area contributed by atoms with Crippen LogP contribution in [0, 0.1) is 6.92 Å². The van der Waals surface area contributed by atoms with E-state index in [2.05, 4.69) is 86.7 Å². The number of benzene rings is 2. The molecule has 0 amide bonds. The number of anilines is 3. The van der Waals surface area contributed by atoms with Gasteiger partial charge in [-0.25, -0.2) is 24.9 Å². The molecule has 0 atom stereocenters. The van der Waals surface area contributed by atoms with Crippen molar-refractivity contribution in [2.75, 3.05) is 17.7 Å². The van der Waals surface area contributed by atoms with Crippen molar-refractivity contribution in [3.63, 3.8) is 0 Å². The second kappa shape index (κ2) is 8.43. The molecule has 2 N–H and O–H groups in total. The summed E-state index contributed by atoms with van der Waals surface area (Å²) in [4.78, 5) is 22.5. The van der Waals surface area contributed by atoms with Crippen LogP contribution < -0.4 is 10.6 Å². The molecule has 5 aromatic rings. The Morgan fingerprint density at radius 1 is 0.848 bits per heavy atom. The van der Waals surface area contributed by atoms with Crippen LogP contribution in [0.1, 0.15) is 31.2 Å². The van der Waals surface area contributed by atoms with E-state index in [9.17, 15) is 0 Å². The Morgan fingerprint density at radius 2 is 1.70 bits per heavy atom. The molecule has 3 heterocycles. The summed E-state index contributed by atoms with van der Waals surface area (Å²) in [6.07, 6.45) is 5.47. The Morgan fingerprint density at radius 3 is 2.52 bits per heavy atom. The molecule has 0 spiro atoms. The summed E-state index contributed by atoms with van der Waals surface area (Å²) in [6, 6.07) is 14.5. The Bertz CT molecular complexity index is 1480. The lowest BCUT2D eigenvalue weighted by atomic mass is 9.94. The average molecular weight is 436 g/mol. The third-order valence-electron chi connectivity index (χ3n) is 5.68. The van der Waals surface area contributed by atoms with Gasteiger partial charge >= 0.3 is 0 Å². The van der Waals surface area contributed by atoms with Crippen molar-refractivity contribution >= 4 is 39.3 Å². The lowest BCUT2D eigenvalue weighted by Gasteiger charge is -2.15. The first-order valence-corrected chi connectivity index (χ1v) is 11.0. The zero-order chi connectivity index (χ0) is 22.9. The van der Waals surface area contributed by atoms with E-state index < -0.39 is 0 Å². The topological polar surface area (TPSA) is 88.5 Å². The van der Waals surface area contributed by atoms with Crippen LogP contribution in [0.3, 0.4) is 0 Å². The zero-order valence-electron chi connectivity index (χ0n) is 19.1. The number of hydrogen-bond donors (Lipinski definition) is 2. The molecule has 2 aromatic carbocycles. The first-order valence-electron chi connectivity index (χ1n) is 11.0. The van der Waals surface area contributed by atoms with Crippen LogP contribution in [0.2, 0.25) is 0 Å². The number of pyridine rings is 1. The van der Waals surface area contributed by atoms with Crippen molar-refractivity contribution in [2.45, 2.75) is 26.7 Å². The van der Waals surface area contributed by atoms with Gasteiger partial charge in [-0.15, -0.1) is 0 Å². The molecule has 33 heavy (non-hydrogen) atoms. The molecule has 0 aliphatic heterocycles. The summed E-state index contributed by atoms with van der Waals surface area (Å²) in [5.41, 5.74) is 4.39. The Labute approximate surface area is 192 Å². The van der Waals surface area contributed by atoms with Crippen LogP contribution in [-0.4, -0.2) is 32.0 Å². The highest BCUT2D eigenvalue weighted by Gasteiger charge is 2.13. The average Bonchev–Trinajstić information content (AvgIpc) is 2.83. The standard InChI is InChI=1S/C26H25N7/c1-15(2)24-28-12-10-22(32-24)33-25-20-7-5-16(3)23(19(20)9-11-29-25)17-6-8-21-18(13-17)14-30-26(27-4)31-21/h5-15H,1-4H3,(H,27,30,31)(H,28,29,32,33). The van der Waals surface area contributed by atoms with Crippen LogP contribution >= 0.6 is 0 Å². The van der Waals surface area contributed by atoms with Gasteiger partial charge in [-0.05, 0) is 53.3 Å². The smallest absolute Gasteiger partial charge is 0.222 e. The number of fused-ring (bicyclic) bond motifs is 2. The molecule has 7 nitrogen and oxygen atoms in total. The molecular formula is C26H25N7. The summed E-state index contributed by atoms with van der Waals surface area (Å²) < 4.78 is 0. The van der Waals surface area contributed by atoms with Gasteiger partial charge in [0.15, 0.2) is 0 Å². The minimum atomic E-state index is 0.252. The summed E-state index contributed by atoms with van der Waals surface area (Å²) in [7, 11) is 1.82. The van der Waals surface area contributed by atoms with E-state index in [-0.39, 0.29) is 5.92 Å². The normalized spacial score (nSPS) is 11.3. The molecule has 3 aromatic heterocycles. The second-order valence-corrected chi connectivity index (χ2v) is 8.31. The maximum absolute atomic E-state index is 4.64. The third-order valence-corrected chi connectivity index (χ3v) is 5.68. The fourth-order valence-electron chi connectivity index (χ4n) is 4.00. The van der Waals surface area contributed by atoms with Gasteiger partial charge in [-0.1, -0.05) is 32.0 Å². The summed E-state index contributed by atoms with van der Waals surface area (Å²) in [5, 5.41) is 9.54. The van der Waals surface area contributed by atoms with Crippen molar-refractivity contribution in [1.29, 1.82) is 0 Å². The Hall–Kier alpha value is -4.13. The van der Waals surface area contributed by atoms with Gasteiger partial charge in [0.05, 0.1) is 5.52 Å². The number of nitrogens with one attached hydrogen (secondary N) is 2. The number of aromatic nitrogens is 5. The van der Waals surface area contributed by atoms with Crippen LogP contribution in [0.15, 0.2) is 61.1 Å². The van der Waals surface area contributed by atoms with Gasteiger partial charge < -0.3 is 10.6 Å². The van der Waals surface area contributed by atoms with Crippen molar-refractivity contribution in [3.05, 3.63) is 72.4 Å². The van der Waals surface area contributed by atoms with Gasteiger partial charge in [-0.3, -0.25) is 0 Å². The van der Waals surface area contributed by atoms with Crippen molar-refractivity contribution in [3.8, 4) is 11.1 Å². The van der Waals surface area contributed by atoms with E-state index >= 15 is 0 Å². The molecular weight excluding hydrogens is 410 g/mol. The number of nitrogens with zero attached hydrogens (tertiary/aromatic N) is 5. The fraction of sp³-hybridized carbons (Fsp3) is 0.192. The number of aryl methyl sites for hydroxylation is 1. The summed E-state index contributed by atoms with van der Waals surface area (Å²) in [5.74, 6) is 3.17. The molecule has 0 aliphatic carbocycles. The SMILES string of the molecule is CNc1ncc2cc(-c3c(C)ccc4c(Nc5ccnc(C(C)C)n5)nccc34)ccc2n1. The first-order chi connectivity index (χ1) is 16.0. The predicted octanol–water partition coefficient (Wildman–Crippen LogP) is 5.85. The molecule has 0 radical (unpaired) electrons. The highest BCUT2D eigenvalue weighted by molar-refractivity contribution is 6.04. The Kier molecular flexibility index (Phi) is 5.30. The van der Waals surface area contributed by atoms with E-state index in [4.69, 9.17) is 0 Å². The molecule has 7 heteroatoms. The second-order valence-electron chi connectivity index (χ2n) is 8.31.